The van der Waals surface area contributed by atoms with E-state index in [1.165, 1.54) is 5.56 Å². The van der Waals surface area contributed by atoms with Gasteiger partial charge in [-0.3, -0.25) is 9.48 Å². The van der Waals surface area contributed by atoms with E-state index < -0.39 is 9.84 Å². The van der Waals surface area contributed by atoms with Crippen LogP contribution in [-0.2, 0) is 22.8 Å². The minimum absolute atomic E-state index is 0.0346. The average Bonchev–Trinajstić information content (AvgIpc) is 3.14. The van der Waals surface area contributed by atoms with Gasteiger partial charge < -0.3 is 4.90 Å². The predicted octanol–water partition coefficient (Wildman–Crippen LogP) is 2.69. The van der Waals surface area contributed by atoms with Crippen LogP contribution in [0.1, 0.15) is 52.3 Å². The van der Waals surface area contributed by atoms with Gasteiger partial charge >= 0.3 is 0 Å². The van der Waals surface area contributed by atoms with Gasteiger partial charge in [-0.2, -0.15) is 5.10 Å². The van der Waals surface area contributed by atoms with E-state index in [1.807, 2.05) is 42.8 Å². The number of benzene rings is 1. The van der Waals surface area contributed by atoms with Crippen molar-refractivity contribution in [1.29, 1.82) is 0 Å². The average molecular weight is 390 g/mol. The van der Waals surface area contributed by atoms with Crippen LogP contribution in [0.15, 0.2) is 24.3 Å². The minimum Gasteiger partial charge on any atom is -0.337 e. The van der Waals surface area contributed by atoms with Gasteiger partial charge in [-0.25, -0.2) is 8.42 Å². The number of sulfone groups is 1. The van der Waals surface area contributed by atoms with Gasteiger partial charge in [0.2, 0.25) is 0 Å². The zero-order chi connectivity index (χ0) is 19.8. The smallest absolute Gasteiger partial charge is 0.253 e. The topological polar surface area (TPSA) is 72.3 Å². The molecule has 2 heterocycles. The lowest BCUT2D eigenvalue weighted by Crippen LogP contribution is -2.26. The molecule has 1 aliphatic rings. The second-order valence-electron chi connectivity index (χ2n) is 7.36. The number of hydrogen-bond donors (Lipinski definition) is 0. The predicted molar refractivity (Wildman–Crippen MR) is 106 cm³/mol. The van der Waals surface area contributed by atoms with E-state index in [4.69, 9.17) is 0 Å². The maximum absolute atomic E-state index is 12.7. The summed E-state index contributed by atoms with van der Waals surface area (Å²) in [4.78, 5) is 14.4. The Morgan fingerprint density at radius 2 is 1.93 bits per heavy atom. The molecule has 1 amide bonds. The molecule has 0 aliphatic carbocycles. The molecule has 1 atom stereocenters. The first-order valence-corrected chi connectivity index (χ1v) is 11.1. The number of rotatable bonds is 5. The summed E-state index contributed by atoms with van der Waals surface area (Å²) in [5, 5.41) is 4.58. The number of carbonyl (C=O) groups is 1. The van der Waals surface area contributed by atoms with Gasteiger partial charge in [0.05, 0.1) is 23.2 Å². The van der Waals surface area contributed by atoms with E-state index in [0.717, 1.165) is 23.4 Å². The normalized spacial score (nSPS) is 18.6. The number of nitrogens with zero attached hydrogens (tertiary/aromatic N) is 3. The van der Waals surface area contributed by atoms with Gasteiger partial charge in [0, 0.05) is 30.4 Å². The van der Waals surface area contributed by atoms with Crippen LogP contribution in [0.25, 0.3) is 0 Å². The molecule has 0 bridgehead atoms. The fourth-order valence-electron chi connectivity index (χ4n) is 3.66. The molecule has 27 heavy (non-hydrogen) atoms. The third-order valence-electron chi connectivity index (χ3n) is 5.38. The molecule has 1 aliphatic heterocycles. The van der Waals surface area contributed by atoms with Gasteiger partial charge in [0.25, 0.3) is 5.91 Å². The molecule has 6 nitrogen and oxygen atoms in total. The van der Waals surface area contributed by atoms with Gasteiger partial charge in [0.1, 0.15) is 0 Å². The van der Waals surface area contributed by atoms with Crippen LogP contribution in [0.4, 0.5) is 0 Å². The van der Waals surface area contributed by atoms with Crippen molar-refractivity contribution in [2.45, 2.75) is 46.2 Å². The Hall–Kier alpha value is -2.15. The Labute approximate surface area is 161 Å². The molecule has 1 aromatic heterocycles. The van der Waals surface area contributed by atoms with Crippen molar-refractivity contribution in [3.63, 3.8) is 0 Å². The summed E-state index contributed by atoms with van der Waals surface area (Å²) in [6.45, 7) is 6.40. The standard InChI is InChI=1S/C20H27N3O3S/c1-5-16-6-8-17(9-7-16)20(24)22(4)12-19-14(2)21-23(15(19)3)18-10-11-27(25,26)13-18/h6-9,18H,5,10-13H2,1-4H3. The lowest BCUT2D eigenvalue weighted by atomic mass is 10.1. The van der Waals surface area contributed by atoms with Crippen molar-refractivity contribution in [3.05, 3.63) is 52.3 Å². The molecule has 146 valence electrons. The Balaban J connectivity index is 1.77. The van der Waals surface area contributed by atoms with Crippen LogP contribution in [0.3, 0.4) is 0 Å². The van der Waals surface area contributed by atoms with Crippen LogP contribution < -0.4 is 0 Å². The SMILES string of the molecule is CCc1ccc(C(=O)N(C)Cc2c(C)nn(C3CCS(=O)(=O)C3)c2C)cc1. The summed E-state index contributed by atoms with van der Waals surface area (Å²) in [5.41, 5.74) is 4.64. The maximum atomic E-state index is 12.7. The number of hydrogen-bond acceptors (Lipinski definition) is 4. The van der Waals surface area contributed by atoms with Crippen LogP contribution >= 0.6 is 0 Å². The van der Waals surface area contributed by atoms with Crippen LogP contribution in [0.5, 0.6) is 0 Å². The Morgan fingerprint density at radius 1 is 1.26 bits per heavy atom. The van der Waals surface area contributed by atoms with E-state index in [2.05, 4.69) is 12.0 Å². The number of carbonyl (C=O) groups excluding carboxylic acids is 1. The van der Waals surface area contributed by atoms with E-state index >= 15 is 0 Å². The largest absolute Gasteiger partial charge is 0.337 e. The van der Waals surface area contributed by atoms with Crippen molar-refractivity contribution in [1.82, 2.24) is 14.7 Å². The van der Waals surface area contributed by atoms with E-state index in [-0.39, 0.29) is 23.5 Å². The summed E-state index contributed by atoms with van der Waals surface area (Å²) in [7, 11) is -1.18. The molecule has 0 radical (unpaired) electrons. The molecule has 2 aromatic rings. The second kappa shape index (κ2) is 7.46. The molecule has 3 rings (SSSR count). The summed E-state index contributed by atoms with van der Waals surface area (Å²) < 4.78 is 25.4. The lowest BCUT2D eigenvalue weighted by molar-refractivity contribution is 0.0784. The van der Waals surface area contributed by atoms with Crippen molar-refractivity contribution in [2.24, 2.45) is 0 Å². The maximum Gasteiger partial charge on any atom is 0.253 e. The molecule has 0 spiro atoms. The molecule has 1 fully saturated rings. The highest BCUT2D eigenvalue weighted by molar-refractivity contribution is 7.91. The molecular formula is C20H27N3O3S. The van der Waals surface area contributed by atoms with Crippen molar-refractivity contribution in [2.75, 3.05) is 18.6 Å². The monoisotopic (exact) mass is 389 g/mol. The van der Waals surface area contributed by atoms with E-state index in [0.29, 0.717) is 18.5 Å². The van der Waals surface area contributed by atoms with Crippen molar-refractivity contribution >= 4 is 15.7 Å². The molecule has 0 N–H and O–H groups in total. The van der Waals surface area contributed by atoms with Crippen LogP contribution in [-0.4, -0.2) is 47.6 Å². The summed E-state index contributed by atoms with van der Waals surface area (Å²) in [6, 6.07) is 7.59. The molecule has 0 saturated carbocycles. The lowest BCUT2D eigenvalue weighted by Gasteiger charge is -2.18. The second-order valence-corrected chi connectivity index (χ2v) is 9.59. The van der Waals surface area contributed by atoms with Gasteiger partial charge in [-0.1, -0.05) is 19.1 Å². The molecule has 7 heteroatoms. The number of aryl methyl sites for hydroxylation is 2. The fraction of sp³-hybridized carbons (Fsp3) is 0.500. The first-order valence-electron chi connectivity index (χ1n) is 9.31. The number of aromatic nitrogens is 2. The highest BCUT2D eigenvalue weighted by Gasteiger charge is 2.31. The summed E-state index contributed by atoms with van der Waals surface area (Å²) in [5.74, 6) is 0.331. The Morgan fingerprint density at radius 3 is 2.48 bits per heavy atom. The molecular weight excluding hydrogens is 362 g/mol. The zero-order valence-electron chi connectivity index (χ0n) is 16.4. The third kappa shape index (κ3) is 4.08. The molecule has 1 saturated heterocycles. The first-order chi connectivity index (χ1) is 12.7. The van der Waals surface area contributed by atoms with E-state index in [1.54, 1.807) is 11.9 Å². The van der Waals surface area contributed by atoms with Crippen molar-refractivity contribution < 1.29 is 13.2 Å². The summed E-state index contributed by atoms with van der Waals surface area (Å²) in [6.07, 6.45) is 1.54. The highest BCUT2D eigenvalue weighted by Crippen LogP contribution is 2.27. The minimum atomic E-state index is -2.97. The van der Waals surface area contributed by atoms with Crippen LogP contribution in [0, 0.1) is 13.8 Å². The zero-order valence-corrected chi connectivity index (χ0v) is 17.2. The molecule has 1 unspecified atom stereocenters. The van der Waals surface area contributed by atoms with Gasteiger partial charge in [-0.05, 0) is 44.4 Å². The third-order valence-corrected chi connectivity index (χ3v) is 7.13. The fourth-order valence-corrected chi connectivity index (χ4v) is 5.35. The highest BCUT2D eigenvalue weighted by atomic mass is 32.2. The molecule has 1 aromatic carbocycles. The quantitative estimate of drug-likeness (QED) is 0.788. The van der Waals surface area contributed by atoms with Gasteiger partial charge in [0.15, 0.2) is 9.84 Å². The van der Waals surface area contributed by atoms with Gasteiger partial charge in [-0.15, -0.1) is 0 Å². The van der Waals surface area contributed by atoms with E-state index in [9.17, 15) is 13.2 Å². The van der Waals surface area contributed by atoms with Crippen LogP contribution in [0.2, 0.25) is 0 Å². The van der Waals surface area contributed by atoms with Crippen molar-refractivity contribution in [3.8, 4) is 0 Å². The Bertz CT molecular complexity index is 946. The Kier molecular flexibility index (Phi) is 5.42. The summed E-state index contributed by atoms with van der Waals surface area (Å²) >= 11 is 0. The number of amides is 1. The first kappa shape index (κ1) is 19.6.